The number of hydrogen-bond acceptors (Lipinski definition) is 2. The Hall–Kier alpha value is -0.780. The van der Waals surface area contributed by atoms with E-state index in [1.165, 1.54) is 6.92 Å². The van der Waals surface area contributed by atoms with Crippen molar-refractivity contribution in [3.05, 3.63) is 0 Å². The number of nitrogens with two attached hydrogens (primary N) is 1. The van der Waals surface area contributed by atoms with Crippen LogP contribution >= 0.6 is 0 Å². The number of halogens is 3. The van der Waals surface area contributed by atoms with E-state index in [9.17, 15) is 18.0 Å². The smallest absolute Gasteiger partial charge is 0.404 e. The predicted octanol–water partition coefficient (Wildman–Crippen LogP) is 0.987. The monoisotopic (exact) mass is 185 g/mol. The third-order valence-corrected chi connectivity index (χ3v) is 1.57. The Balaban J connectivity index is 4.42. The molecule has 0 aliphatic heterocycles. The molecule has 0 bridgehead atoms. The predicted molar refractivity (Wildman–Crippen MR) is 35.4 cm³/mol. The highest BCUT2D eigenvalue weighted by Gasteiger charge is 2.44. The molecule has 12 heavy (non-hydrogen) atoms. The summed E-state index contributed by atoms with van der Waals surface area (Å²) in [6.07, 6.45) is -4.77. The first-order chi connectivity index (χ1) is 5.30. The van der Waals surface area contributed by atoms with E-state index >= 15 is 0 Å². The van der Waals surface area contributed by atoms with E-state index in [1.807, 2.05) is 0 Å². The lowest BCUT2D eigenvalue weighted by Crippen LogP contribution is -2.46. The second-order valence-corrected chi connectivity index (χ2v) is 2.42. The molecule has 0 spiro atoms. The Kier molecular flexibility index (Phi) is 3.51. The number of carboxylic acids is 1. The van der Waals surface area contributed by atoms with Crippen LogP contribution in [0, 0.1) is 5.92 Å². The highest BCUT2D eigenvalue weighted by atomic mass is 19.4. The van der Waals surface area contributed by atoms with Gasteiger partial charge in [0.05, 0.1) is 5.92 Å². The number of rotatable bonds is 3. The molecule has 0 amide bonds. The van der Waals surface area contributed by atoms with E-state index < -0.39 is 24.1 Å². The molecule has 0 saturated carbocycles. The Morgan fingerprint density at radius 3 is 2.08 bits per heavy atom. The highest BCUT2D eigenvalue weighted by Crippen LogP contribution is 2.25. The van der Waals surface area contributed by atoms with Crippen molar-refractivity contribution >= 4 is 5.97 Å². The molecule has 0 aromatic rings. The zero-order valence-corrected chi connectivity index (χ0v) is 6.43. The van der Waals surface area contributed by atoms with Gasteiger partial charge in [-0.1, -0.05) is 6.92 Å². The quantitative estimate of drug-likeness (QED) is 0.689. The second kappa shape index (κ2) is 3.75. The molecule has 0 heterocycles. The van der Waals surface area contributed by atoms with Crippen molar-refractivity contribution < 1.29 is 23.1 Å². The van der Waals surface area contributed by atoms with Crippen molar-refractivity contribution in [2.75, 3.05) is 0 Å². The van der Waals surface area contributed by atoms with Gasteiger partial charge in [0, 0.05) is 0 Å². The molecule has 0 radical (unpaired) electrons. The fourth-order valence-corrected chi connectivity index (χ4v) is 0.810. The third kappa shape index (κ3) is 2.69. The van der Waals surface area contributed by atoms with Gasteiger partial charge < -0.3 is 10.8 Å². The maximum absolute atomic E-state index is 11.9. The van der Waals surface area contributed by atoms with E-state index in [4.69, 9.17) is 10.8 Å². The van der Waals surface area contributed by atoms with Crippen LogP contribution in [0.15, 0.2) is 0 Å². The fourth-order valence-electron chi connectivity index (χ4n) is 0.810. The van der Waals surface area contributed by atoms with Crippen LogP contribution in [0.5, 0.6) is 0 Å². The van der Waals surface area contributed by atoms with Gasteiger partial charge in [-0.2, -0.15) is 13.2 Å². The first-order valence-electron chi connectivity index (χ1n) is 3.35. The van der Waals surface area contributed by atoms with Crippen molar-refractivity contribution in [1.29, 1.82) is 0 Å². The van der Waals surface area contributed by atoms with E-state index in [-0.39, 0.29) is 6.42 Å². The average molecular weight is 185 g/mol. The van der Waals surface area contributed by atoms with Crippen molar-refractivity contribution in [3.63, 3.8) is 0 Å². The zero-order chi connectivity index (χ0) is 9.94. The summed E-state index contributed by atoms with van der Waals surface area (Å²) in [6, 6.07) is -2.28. The number of aliphatic carboxylic acids is 1. The lowest BCUT2D eigenvalue weighted by Gasteiger charge is -2.20. The zero-order valence-electron chi connectivity index (χ0n) is 6.43. The van der Waals surface area contributed by atoms with Gasteiger partial charge in [0.15, 0.2) is 0 Å². The molecule has 0 aliphatic rings. The Labute approximate surface area is 67.4 Å². The summed E-state index contributed by atoms with van der Waals surface area (Å²) in [5.74, 6) is -3.06. The third-order valence-electron chi connectivity index (χ3n) is 1.57. The van der Waals surface area contributed by atoms with Crippen LogP contribution in [0.1, 0.15) is 13.3 Å². The summed E-state index contributed by atoms with van der Waals surface area (Å²) < 4.78 is 35.6. The van der Waals surface area contributed by atoms with E-state index in [0.717, 1.165) is 0 Å². The van der Waals surface area contributed by atoms with E-state index in [0.29, 0.717) is 0 Å². The molecule has 72 valence electrons. The van der Waals surface area contributed by atoms with Gasteiger partial charge in [-0.3, -0.25) is 4.79 Å². The van der Waals surface area contributed by atoms with Gasteiger partial charge in [-0.05, 0) is 6.42 Å². The van der Waals surface area contributed by atoms with Crippen LogP contribution in [0.3, 0.4) is 0 Å². The molecule has 0 aliphatic carbocycles. The maximum Gasteiger partial charge on any atom is 0.404 e. The Morgan fingerprint density at radius 1 is 1.58 bits per heavy atom. The van der Waals surface area contributed by atoms with E-state index in [1.54, 1.807) is 0 Å². The van der Waals surface area contributed by atoms with Crippen LogP contribution in [-0.4, -0.2) is 23.3 Å². The van der Waals surface area contributed by atoms with Crippen molar-refractivity contribution in [1.82, 2.24) is 0 Å². The van der Waals surface area contributed by atoms with Gasteiger partial charge in [-0.15, -0.1) is 0 Å². The van der Waals surface area contributed by atoms with Crippen LogP contribution in [-0.2, 0) is 4.79 Å². The average Bonchev–Trinajstić information content (AvgIpc) is 1.86. The minimum absolute atomic E-state index is 0.129. The van der Waals surface area contributed by atoms with Crippen molar-refractivity contribution in [2.24, 2.45) is 11.7 Å². The summed E-state index contributed by atoms with van der Waals surface area (Å²) in [7, 11) is 0. The molecule has 0 saturated heterocycles. The molecule has 0 aromatic heterocycles. The summed E-state index contributed by atoms with van der Waals surface area (Å²) >= 11 is 0. The fraction of sp³-hybridized carbons (Fsp3) is 0.833. The molecular weight excluding hydrogens is 175 g/mol. The van der Waals surface area contributed by atoms with Crippen LogP contribution in [0.2, 0.25) is 0 Å². The number of carbonyl (C=O) groups is 1. The molecule has 0 aromatic carbocycles. The topological polar surface area (TPSA) is 63.3 Å². The lowest BCUT2D eigenvalue weighted by molar-refractivity contribution is -0.173. The van der Waals surface area contributed by atoms with E-state index in [2.05, 4.69) is 0 Å². The SMILES string of the molecule is CCC(C(=O)O)[C@H](N)C(F)(F)F. The number of alkyl halides is 3. The van der Waals surface area contributed by atoms with Gasteiger partial charge in [0.2, 0.25) is 0 Å². The van der Waals surface area contributed by atoms with Gasteiger partial charge in [0.1, 0.15) is 6.04 Å². The van der Waals surface area contributed by atoms with Crippen molar-refractivity contribution in [3.8, 4) is 0 Å². The normalized spacial score (nSPS) is 17.1. The van der Waals surface area contributed by atoms with Crippen molar-refractivity contribution in [2.45, 2.75) is 25.6 Å². The molecule has 3 nitrogen and oxygen atoms in total. The Morgan fingerprint density at radius 2 is 2.00 bits per heavy atom. The van der Waals surface area contributed by atoms with Crippen LogP contribution in [0.4, 0.5) is 13.2 Å². The highest BCUT2D eigenvalue weighted by molar-refractivity contribution is 5.70. The second-order valence-electron chi connectivity index (χ2n) is 2.42. The molecule has 3 N–H and O–H groups in total. The molecule has 0 fully saturated rings. The Bertz CT molecular complexity index is 169. The van der Waals surface area contributed by atoms with Gasteiger partial charge in [0.25, 0.3) is 0 Å². The minimum Gasteiger partial charge on any atom is -0.481 e. The minimum atomic E-state index is -4.64. The van der Waals surface area contributed by atoms with Crippen LogP contribution < -0.4 is 5.73 Å². The standard InChI is InChI=1S/C6H10F3NO2/c1-2-3(5(11)12)4(10)6(7,8)9/h3-4H,2,10H2,1H3,(H,11,12)/t3?,4-/m0/s1. The molecule has 1 unspecified atom stereocenters. The van der Waals surface area contributed by atoms with Gasteiger partial charge >= 0.3 is 12.1 Å². The van der Waals surface area contributed by atoms with Gasteiger partial charge in [-0.25, -0.2) is 0 Å². The largest absolute Gasteiger partial charge is 0.481 e. The molecule has 2 atom stereocenters. The molecule has 6 heteroatoms. The maximum atomic E-state index is 11.9. The summed E-state index contributed by atoms with van der Waals surface area (Å²) in [5, 5.41) is 8.33. The summed E-state index contributed by atoms with van der Waals surface area (Å²) in [6.45, 7) is 1.35. The first-order valence-corrected chi connectivity index (χ1v) is 3.35. The molecular formula is C6H10F3NO2. The lowest BCUT2D eigenvalue weighted by atomic mass is 9.97. The number of carboxylic acid groups (broad SMARTS) is 1. The number of hydrogen-bond donors (Lipinski definition) is 2. The summed E-state index contributed by atoms with van der Waals surface area (Å²) in [5.41, 5.74) is 4.70. The first kappa shape index (κ1) is 11.2. The molecule has 0 rings (SSSR count). The van der Waals surface area contributed by atoms with Crippen LogP contribution in [0.25, 0.3) is 0 Å². The summed E-state index contributed by atoms with van der Waals surface area (Å²) in [4.78, 5) is 10.2.